The fraction of sp³-hybridized carbons (Fsp3) is 0.857. The second-order valence-corrected chi connectivity index (χ2v) is 2.35. The van der Waals surface area contributed by atoms with Crippen LogP contribution in [0.25, 0.3) is 0 Å². The van der Waals surface area contributed by atoms with Crippen molar-refractivity contribution in [3.05, 3.63) is 0 Å². The molecule has 0 radical (unpaired) electrons. The molecule has 2 heteroatoms. The Hall–Kier alpha value is -0.370. The summed E-state index contributed by atoms with van der Waals surface area (Å²) >= 11 is 0. The van der Waals surface area contributed by atoms with Crippen molar-refractivity contribution < 1.29 is 9.90 Å². The molecule has 9 heavy (non-hydrogen) atoms. The monoisotopic (exact) mass is 130 g/mol. The zero-order valence-corrected chi connectivity index (χ0v) is 6.05. The summed E-state index contributed by atoms with van der Waals surface area (Å²) in [6.45, 7) is 3.49. The number of carbonyl (C=O) groups is 1. The Morgan fingerprint density at radius 2 is 2.22 bits per heavy atom. The van der Waals surface area contributed by atoms with Gasteiger partial charge < -0.3 is 5.11 Å². The highest BCUT2D eigenvalue weighted by Gasteiger charge is 2.04. The Morgan fingerprint density at radius 3 is 2.56 bits per heavy atom. The van der Waals surface area contributed by atoms with Gasteiger partial charge in [0.1, 0.15) is 5.78 Å². The summed E-state index contributed by atoms with van der Waals surface area (Å²) in [7, 11) is 0. The molecule has 2 nitrogen and oxygen atoms in total. The standard InChI is InChI=1S/C7H14O2/c1-3-4-7(9)5-6(2)8/h7,9H,3-5H2,1-2H3/t7-/m1/s1. The smallest absolute Gasteiger partial charge is 0.132 e. The Labute approximate surface area is 55.9 Å². The topological polar surface area (TPSA) is 37.3 Å². The largest absolute Gasteiger partial charge is 0.393 e. The van der Waals surface area contributed by atoms with Gasteiger partial charge in [0.25, 0.3) is 0 Å². The maximum Gasteiger partial charge on any atom is 0.132 e. The molecule has 0 aromatic carbocycles. The molecule has 0 amide bonds. The molecule has 0 rings (SSSR count). The first-order valence-corrected chi connectivity index (χ1v) is 3.34. The second kappa shape index (κ2) is 4.50. The third-order valence-electron chi connectivity index (χ3n) is 1.14. The third kappa shape index (κ3) is 5.50. The van der Waals surface area contributed by atoms with E-state index in [4.69, 9.17) is 5.11 Å². The molecular formula is C7H14O2. The molecule has 0 heterocycles. The van der Waals surface area contributed by atoms with Crippen LogP contribution in [0, 0.1) is 0 Å². The molecule has 0 bridgehead atoms. The van der Waals surface area contributed by atoms with Crippen molar-refractivity contribution in [1.29, 1.82) is 0 Å². The van der Waals surface area contributed by atoms with E-state index in [1.807, 2.05) is 6.92 Å². The number of hydrogen-bond donors (Lipinski definition) is 1. The summed E-state index contributed by atoms with van der Waals surface area (Å²) in [6, 6.07) is 0. The minimum Gasteiger partial charge on any atom is -0.393 e. The maximum absolute atomic E-state index is 10.4. The van der Waals surface area contributed by atoms with Gasteiger partial charge in [-0.05, 0) is 13.3 Å². The van der Waals surface area contributed by atoms with Gasteiger partial charge in [-0.1, -0.05) is 13.3 Å². The van der Waals surface area contributed by atoms with Gasteiger partial charge >= 0.3 is 0 Å². The first kappa shape index (κ1) is 8.63. The van der Waals surface area contributed by atoms with Crippen molar-refractivity contribution in [1.82, 2.24) is 0 Å². The molecule has 1 atom stereocenters. The molecule has 0 aromatic rings. The molecule has 0 spiro atoms. The van der Waals surface area contributed by atoms with Crippen molar-refractivity contribution >= 4 is 5.78 Å². The summed E-state index contributed by atoms with van der Waals surface area (Å²) < 4.78 is 0. The number of Topliss-reactive ketones (excluding diaryl/α,β-unsaturated/α-hetero) is 1. The van der Waals surface area contributed by atoms with Gasteiger partial charge in [-0.3, -0.25) is 4.79 Å². The first-order chi connectivity index (χ1) is 4.16. The lowest BCUT2D eigenvalue weighted by atomic mass is 10.1. The van der Waals surface area contributed by atoms with Crippen molar-refractivity contribution in [2.75, 3.05) is 0 Å². The van der Waals surface area contributed by atoms with Crippen molar-refractivity contribution in [2.45, 2.75) is 39.2 Å². The summed E-state index contributed by atoms with van der Waals surface area (Å²) in [5, 5.41) is 9.00. The molecule has 0 fully saturated rings. The van der Waals surface area contributed by atoms with Crippen LogP contribution in [-0.2, 0) is 4.79 Å². The summed E-state index contributed by atoms with van der Waals surface area (Å²) in [5.41, 5.74) is 0. The molecule has 0 aromatic heterocycles. The summed E-state index contributed by atoms with van der Waals surface area (Å²) in [5.74, 6) is 0.0657. The number of aliphatic hydroxyl groups excluding tert-OH is 1. The molecule has 1 N–H and O–H groups in total. The number of rotatable bonds is 4. The van der Waals surface area contributed by atoms with Crippen molar-refractivity contribution in [3.63, 3.8) is 0 Å². The van der Waals surface area contributed by atoms with Crippen LogP contribution < -0.4 is 0 Å². The fourth-order valence-electron chi connectivity index (χ4n) is 0.767. The zero-order chi connectivity index (χ0) is 7.28. The van der Waals surface area contributed by atoms with Gasteiger partial charge in [-0.2, -0.15) is 0 Å². The summed E-state index contributed by atoms with van der Waals surface area (Å²) in [6.07, 6.45) is 1.58. The van der Waals surface area contributed by atoms with Crippen LogP contribution in [0.3, 0.4) is 0 Å². The van der Waals surface area contributed by atoms with Crippen molar-refractivity contribution in [2.24, 2.45) is 0 Å². The first-order valence-electron chi connectivity index (χ1n) is 3.34. The van der Waals surface area contributed by atoms with Crippen LogP contribution in [-0.4, -0.2) is 17.0 Å². The molecular weight excluding hydrogens is 116 g/mol. The predicted molar refractivity (Wildman–Crippen MR) is 36.2 cm³/mol. The molecule has 54 valence electrons. The Balaban J connectivity index is 3.26. The van der Waals surface area contributed by atoms with E-state index in [1.165, 1.54) is 6.92 Å². The van der Waals surface area contributed by atoms with E-state index < -0.39 is 6.10 Å². The molecule has 0 saturated heterocycles. The highest BCUT2D eigenvalue weighted by atomic mass is 16.3. The van der Waals surface area contributed by atoms with Gasteiger partial charge in [0.2, 0.25) is 0 Å². The van der Waals surface area contributed by atoms with E-state index in [0.717, 1.165) is 12.8 Å². The van der Waals surface area contributed by atoms with E-state index in [9.17, 15) is 4.79 Å². The maximum atomic E-state index is 10.4. The lowest BCUT2D eigenvalue weighted by molar-refractivity contribution is -0.118. The van der Waals surface area contributed by atoms with Crippen molar-refractivity contribution in [3.8, 4) is 0 Å². The molecule has 0 unspecified atom stereocenters. The Morgan fingerprint density at radius 1 is 1.67 bits per heavy atom. The number of hydrogen-bond acceptors (Lipinski definition) is 2. The summed E-state index contributed by atoms with van der Waals surface area (Å²) in [4.78, 5) is 10.4. The van der Waals surface area contributed by atoms with Crippen LogP contribution in [0.2, 0.25) is 0 Å². The highest BCUT2D eigenvalue weighted by Crippen LogP contribution is 2.00. The lowest BCUT2D eigenvalue weighted by Gasteiger charge is -2.04. The third-order valence-corrected chi connectivity index (χ3v) is 1.14. The van der Waals surface area contributed by atoms with Gasteiger partial charge in [-0.15, -0.1) is 0 Å². The minimum absolute atomic E-state index is 0.0657. The van der Waals surface area contributed by atoms with Crippen LogP contribution in [0.1, 0.15) is 33.1 Å². The van der Waals surface area contributed by atoms with E-state index >= 15 is 0 Å². The Bertz CT molecular complexity index is 88.9. The number of carbonyl (C=O) groups excluding carboxylic acids is 1. The lowest BCUT2D eigenvalue weighted by Crippen LogP contribution is -2.10. The Kier molecular flexibility index (Phi) is 4.32. The normalized spacial score (nSPS) is 13.2. The molecule has 0 saturated carbocycles. The van der Waals surface area contributed by atoms with Crippen LogP contribution in [0.5, 0.6) is 0 Å². The number of ketones is 1. The van der Waals surface area contributed by atoms with Gasteiger partial charge in [0.15, 0.2) is 0 Å². The van der Waals surface area contributed by atoms with Crippen LogP contribution in [0.4, 0.5) is 0 Å². The van der Waals surface area contributed by atoms with E-state index in [0.29, 0.717) is 6.42 Å². The fourth-order valence-corrected chi connectivity index (χ4v) is 0.767. The van der Waals surface area contributed by atoms with E-state index in [1.54, 1.807) is 0 Å². The highest BCUT2D eigenvalue weighted by molar-refractivity contribution is 5.75. The average molecular weight is 130 g/mol. The minimum atomic E-state index is -0.410. The SMILES string of the molecule is CCC[C@@H](O)CC(C)=O. The van der Waals surface area contributed by atoms with E-state index in [2.05, 4.69) is 0 Å². The van der Waals surface area contributed by atoms with Gasteiger partial charge in [0, 0.05) is 6.42 Å². The zero-order valence-electron chi connectivity index (χ0n) is 6.05. The molecule has 0 aliphatic carbocycles. The molecule has 0 aliphatic heterocycles. The van der Waals surface area contributed by atoms with Crippen LogP contribution in [0.15, 0.2) is 0 Å². The second-order valence-electron chi connectivity index (χ2n) is 2.35. The van der Waals surface area contributed by atoms with Crippen LogP contribution >= 0.6 is 0 Å². The number of aliphatic hydroxyl groups is 1. The molecule has 0 aliphatic rings. The van der Waals surface area contributed by atoms with E-state index in [-0.39, 0.29) is 5.78 Å². The average Bonchev–Trinajstić information content (AvgIpc) is 1.63. The van der Waals surface area contributed by atoms with Gasteiger partial charge in [-0.25, -0.2) is 0 Å². The predicted octanol–water partition coefficient (Wildman–Crippen LogP) is 1.13. The quantitative estimate of drug-likeness (QED) is 0.619. The van der Waals surface area contributed by atoms with Gasteiger partial charge in [0.05, 0.1) is 6.10 Å².